The van der Waals surface area contributed by atoms with Crippen LogP contribution in [0.2, 0.25) is 0 Å². The molecule has 0 fully saturated rings. The van der Waals surface area contributed by atoms with Crippen LogP contribution in [-0.2, 0) is 20.3 Å². The van der Waals surface area contributed by atoms with E-state index in [4.69, 9.17) is 4.74 Å². The number of hydrogen-bond acceptors (Lipinski definition) is 5. The Hall–Kier alpha value is -2.02. The minimum absolute atomic E-state index is 0.0207. The molecule has 7 heteroatoms. The number of fused-ring (bicyclic) bond motifs is 1. The minimum atomic E-state index is -1.62. The maximum absolute atomic E-state index is 12.0. The van der Waals surface area contributed by atoms with Crippen LogP contribution < -0.4 is 0 Å². The Kier molecular flexibility index (Phi) is 3.24. The zero-order valence-corrected chi connectivity index (χ0v) is 10.2. The maximum atomic E-state index is 12.0. The summed E-state index contributed by atoms with van der Waals surface area (Å²) in [5.41, 5.74) is 0.317. The van der Waals surface area contributed by atoms with Crippen LogP contribution in [0.5, 0.6) is 0 Å². The van der Waals surface area contributed by atoms with Crippen molar-refractivity contribution in [3.63, 3.8) is 0 Å². The van der Waals surface area contributed by atoms with E-state index in [1.54, 1.807) is 6.92 Å². The number of carbonyl (C=O) groups excluding carboxylic acids is 1. The van der Waals surface area contributed by atoms with Gasteiger partial charge in [0.25, 0.3) is 5.69 Å². The van der Waals surface area contributed by atoms with Gasteiger partial charge in [0.2, 0.25) is 0 Å². The first-order valence-electron chi connectivity index (χ1n) is 5.13. The number of nitro groups is 1. The minimum Gasteiger partial charge on any atom is -0.462 e. The molecule has 0 N–H and O–H groups in total. The smallest absolute Gasteiger partial charge is 0.347 e. The normalized spacial score (nSPS) is 16.9. The van der Waals surface area contributed by atoms with Crippen LogP contribution in [-0.4, -0.2) is 21.7 Å². The molecule has 0 bridgehead atoms. The van der Waals surface area contributed by atoms with E-state index < -0.39 is 21.7 Å². The van der Waals surface area contributed by atoms with Crippen LogP contribution in [0.15, 0.2) is 28.0 Å². The number of non-ortho nitro benzene ring substituents is 1. The summed E-state index contributed by atoms with van der Waals surface area (Å²) < 4.78 is 16.7. The van der Waals surface area contributed by atoms with Crippen LogP contribution in [0.25, 0.3) is 6.08 Å². The summed E-state index contributed by atoms with van der Waals surface area (Å²) in [7, 11) is -1.62. The van der Waals surface area contributed by atoms with Crippen molar-refractivity contribution in [3.05, 3.63) is 38.8 Å². The van der Waals surface area contributed by atoms with Gasteiger partial charge < -0.3 is 4.74 Å². The molecule has 0 saturated heterocycles. The second-order valence-electron chi connectivity index (χ2n) is 3.48. The molecule has 0 spiro atoms. The number of hydrogen-bond donors (Lipinski definition) is 0. The molecule has 1 aromatic carbocycles. The van der Waals surface area contributed by atoms with Crippen molar-refractivity contribution >= 4 is 28.5 Å². The fourth-order valence-corrected chi connectivity index (χ4v) is 2.79. The van der Waals surface area contributed by atoms with Gasteiger partial charge in [0.05, 0.1) is 27.2 Å². The molecule has 0 radical (unpaired) electrons. The standard InChI is InChI=1S/C11H9NO5S/c1-2-17-11(13)10-6-7-5-8(12(14)15)3-4-9(7)18(10)16/h3-6H,2H2,1H3. The molecule has 1 heterocycles. The molecule has 1 aliphatic rings. The second kappa shape index (κ2) is 4.69. The Bertz CT molecular complexity index is 593. The fourth-order valence-electron chi connectivity index (χ4n) is 1.58. The van der Waals surface area contributed by atoms with Gasteiger partial charge in [-0.3, -0.25) is 10.1 Å². The topological polar surface area (TPSA) is 86.5 Å². The van der Waals surface area contributed by atoms with Gasteiger partial charge in [-0.05, 0) is 24.6 Å². The largest absolute Gasteiger partial charge is 0.462 e. The molecule has 1 atom stereocenters. The average molecular weight is 267 g/mol. The zero-order chi connectivity index (χ0) is 13.3. The van der Waals surface area contributed by atoms with Crippen molar-refractivity contribution < 1.29 is 18.7 Å². The number of esters is 1. The van der Waals surface area contributed by atoms with Gasteiger partial charge in [-0.2, -0.15) is 0 Å². The summed E-state index contributed by atoms with van der Waals surface area (Å²) in [6.07, 6.45) is 1.37. The van der Waals surface area contributed by atoms with Crippen LogP contribution in [0.4, 0.5) is 5.69 Å². The first-order chi connectivity index (χ1) is 8.54. The SMILES string of the molecule is CCOC(=O)C1=Cc2cc([N+](=O)[O-])ccc2S1=O. The zero-order valence-electron chi connectivity index (χ0n) is 9.41. The van der Waals surface area contributed by atoms with Gasteiger partial charge in [0, 0.05) is 12.1 Å². The van der Waals surface area contributed by atoms with Crippen LogP contribution in [0.3, 0.4) is 0 Å². The highest BCUT2D eigenvalue weighted by Gasteiger charge is 2.28. The molecule has 0 aromatic heterocycles. The van der Waals surface area contributed by atoms with E-state index in [-0.39, 0.29) is 17.2 Å². The summed E-state index contributed by atoms with van der Waals surface area (Å²) in [5.74, 6) is -0.658. The number of nitro benzene ring substituents is 1. The first-order valence-corrected chi connectivity index (χ1v) is 6.28. The van der Waals surface area contributed by atoms with Crippen LogP contribution in [0, 0.1) is 10.1 Å². The molecule has 0 saturated carbocycles. The molecule has 2 rings (SSSR count). The van der Waals surface area contributed by atoms with E-state index in [2.05, 4.69) is 0 Å². The molecule has 0 amide bonds. The van der Waals surface area contributed by atoms with Gasteiger partial charge in [0.15, 0.2) is 0 Å². The Balaban J connectivity index is 2.41. The number of carbonyl (C=O) groups is 1. The lowest BCUT2D eigenvalue weighted by Gasteiger charge is -2.01. The number of ether oxygens (including phenoxy) is 1. The summed E-state index contributed by atoms with van der Waals surface area (Å²) in [5, 5.41) is 10.6. The van der Waals surface area contributed by atoms with Gasteiger partial charge >= 0.3 is 5.97 Å². The Labute approximate surface area is 105 Å². The quantitative estimate of drug-likeness (QED) is 0.472. The lowest BCUT2D eigenvalue weighted by atomic mass is 10.2. The third-order valence-corrected chi connectivity index (χ3v) is 3.82. The average Bonchev–Trinajstić information content (AvgIpc) is 2.66. The second-order valence-corrected chi connectivity index (χ2v) is 4.89. The van der Waals surface area contributed by atoms with Crippen molar-refractivity contribution in [1.82, 2.24) is 0 Å². The van der Waals surface area contributed by atoms with E-state index in [1.165, 1.54) is 24.3 Å². The Morgan fingerprint density at radius 2 is 2.22 bits per heavy atom. The van der Waals surface area contributed by atoms with E-state index in [1.807, 2.05) is 0 Å². The maximum Gasteiger partial charge on any atom is 0.347 e. The first kappa shape index (κ1) is 12.4. The Morgan fingerprint density at radius 1 is 1.50 bits per heavy atom. The van der Waals surface area contributed by atoms with E-state index >= 15 is 0 Å². The number of nitrogens with zero attached hydrogens (tertiary/aromatic N) is 1. The van der Waals surface area contributed by atoms with Gasteiger partial charge in [0.1, 0.15) is 4.91 Å². The summed E-state index contributed by atoms with van der Waals surface area (Å²) in [4.78, 5) is 22.0. The molecule has 94 valence electrons. The lowest BCUT2D eigenvalue weighted by molar-refractivity contribution is -0.384. The molecular weight excluding hydrogens is 258 g/mol. The monoisotopic (exact) mass is 267 g/mol. The predicted molar refractivity (Wildman–Crippen MR) is 64.1 cm³/mol. The third-order valence-electron chi connectivity index (χ3n) is 2.37. The van der Waals surface area contributed by atoms with Crippen molar-refractivity contribution in [2.45, 2.75) is 11.8 Å². The molecule has 1 aromatic rings. The molecule has 1 unspecified atom stereocenters. The summed E-state index contributed by atoms with van der Waals surface area (Å²) in [6.45, 7) is 1.83. The predicted octanol–water partition coefficient (Wildman–Crippen LogP) is 1.62. The van der Waals surface area contributed by atoms with Gasteiger partial charge in [-0.1, -0.05) is 0 Å². The van der Waals surface area contributed by atoms with E-state index in [9.17, 15) is 19.1 Å². The molecule has 0 aliphatic carbocycles. The highest BCUT2D eigenvalue weighted by molar-refractivity contribution is 7.90. The molecule has 18 heavy (non-hydrogen) atoms. The van der Waals surface area contributed by atoms with E-state index in [0.29, 0.717) is 10.5 Å². The highest BCUT2D eigenvalue weighted by Crippen LogP contribution is 2.32. The number of rotatable bonds is 3. The molecule has 1 aliphatic heterocycles. The number of benzene rings is 1. The van der Waals surface area contributed by atoms with Crippen LogP contribution in [0.1, 0.15) is 12.5 Å². The van der Waals surface area contributed by atoms with Crippen molar-refractivity contribution in [2.75, 3.05) is 6.61 Å². The summed E-state index contributed by atoms with van der Waals surface area (Å²) >= 11 is 0. The Morgan fingerprint density at radius 3 is 2.83 bits per heavy atom. The molecule has 6 nitrogen and oxygen atoms in total. The van der Waals surface area contributed by atoms with Gasteiger partial charge in [-0.15, -0.1) is 0 Å². The van der Waals surface area contributed by atoms with Crippen molar-refractivity contribution in [3.8, 4) is 0 Å². The van der Waals surface area contributed by atoms with Crippen molar-refractivity contribution in [1.29, 1.82) is 0 Å². The van der Waals surface area contributed by atoms with Gasteiger partial charge in [-0.25, -0.2) is 9.00 Å². The molecular formula is C11H9NO5S. The van der Waals surface area contributed by atoms with E-state index in [0.717, 1.165) is 0 Å². The third kappa shape index (κ3) is 2.04. The summed E-state index contributed by atoms with van der Waals surface area (Å²) in [6, 6.07) is 3.95. The van der Waals surface area contributed by atoms with Crippen molar-refractivity contribution in [2.24, 2.45) is 0 Å². The lowest BCUT2D eigenvalue weighted by Crippen LogP contribution is -2.09. The fraction of sp³-hybridized carbons (Fsp3) is 0.182. The van der Waals surface area contributed by atoms with Crippen LogP contribution >= 0.6 is 0 Å². The highest BCUT2D eigenvalue weighted by atomic mass is 32.2.